The maximum atomic E-state index is 12.5. The monoisotopic (exact) mass is 365 g/mol. The standard InChI is InChI=1S/C20H23N5O2/c26-20(17-15-25(23-22-17)14-16-7-2-1-3-8-16)21-13-18(19-9-6-12-27-19)24-10-4-5-11-24/h1-3,6-9,12,15,18H,4-5,10-11,13-14H2,(H,21,26). The Kier molecular flexibility index (Phi) is 5.29. The fourth-order valence-corrected chi connectivity index (χ4v) is 3.47. The molecule has 1 aliphatic heterocycles. The molecule has 0 aliphatic carbocycles. The van der Waals surface area contributed by atoms with Crippen molar-refractivity contribution in [3.05, 3.63) is 71.9 Å². The highest BCUT2D eigenvalue weighted by molar-refractivity contribution is 5.91. The normalized spacial score (nSPS) is 15.7. The zero-order valence-corrected chi connectivity index (χ0v) is 15.1. The minimum Gasteiger partial charge on any atom is -0.468 e. The van der Waals surface area contributed by atoms with E-state index in [2.05, 4.69) is 20.5 Å². The third-order valence-corrected chi connectivity index (χ3v) is 4.87. The number of aromatic nitrogens is 3. The predicted molar refractivity (Wildman–Crippen MR) is 100 cm³/mol. The van der Waals surface area contributed by atoms with Crippen LogP contribution in [0.25, 0.3) is 0 Å². The summed E-state index contributed by atoms with van der Waals surface area (Å²) in [4.78, 5) is 14.9. The lowest BCUT2D eigenvalue weighted by molar-refractivity contribution is 0.0928. The van der Waals surface area contributed by atoms with Gasteiger partial charge >= 0.3 is 0 Å². The molecule has 1 N–H and O–H groups in total. The summed E-state index contributed by atoms with van der Waals surface area (Å²) in [7, 11) is 0. The number of amides is 1. The molecule has 27 heavy (non-hydrogen) atoms. The van der Waals surface area contributed by atoms with Crippen molar-refractivity contribution in [1.29, 1.82) is 0 Å². The highest BCUT2D eigenvalue weighted by Gasteiger charge is 2.26. The molecule has 1 aromatic carbocycles. The molecule has 0 radical (unpaired) electrons. The molecule has 2 aromatic heterocycles. The first-order chi connectivity index (χ1) is 13.3. The fourth-order valence-electron chi connectivity index (χ4n) is 3.47. The lowest BCUT2D eigenvalue weighted by Gasteiger charge is -2.25. The van der Waals surface area contributed by atoms with Gasteiger partial charge in [0, 0.05) is 6.54 Å². The van der Waals surface area contributed by atoms with Crippen LogP contribution in [0.15, 0.2) is 59.3 Å². The molecule has 7 nitrogen and oxygen atoms in total. The number of benzene rings is 1. The average Bonchev–Trinajstić information content (AvgIpc) is 3.46. The van der Waals surface area contributed by atoms with Crippen molar-refractivity contribution in [3.63, 3.8) is 0 Å². The Morgan fingerprint density at radius 2 is 1.96 bits per heavy atom. The van der Waals surface area contributed by atoms with Gasteiger partial charge in [-0.3, -0.25) is 9.69 Å². The molecule has 7 heteroatoms. The summed E-state index contributed by atoms with van der Waals surface area (Å²) in [6.07, 6.45) is 5.72. The number of carbonyl (C=O) groups excluding carboxylic acids is 1. The van der Waals surface area contributed by atoms with Crippen molar-refractivity contribution in [2.24, 2.45) is 0 Å². The maximum absolute atomic E-state index is 12.5. The van der Waals surface area contributed by atoms with E-state index in [1.165, 1.54) is 12.8 Å². The molecule has 3 heterocycles. The Labute approximate surface area is 158 Å². The number of likely N-dealkylation sites (tertiary alicyclic amines) is 1. The molecular weight excluding hydrogens is 342 g/mol. The lowest BCUT2D eigenvalue weighted by atomic mass is 10.2. The second-order valence-electron chi connectivity index (χ2n) is 6.77. The van der Waals surface area contributed by atoms with Crippen LogP contribution in [0, 0.1) is 0 Å². The topological polar surface area (TPSA) is 76.2 Å². The number of hydrogen-bond acceptors (Lipinski definition) is 5. The number of furan rings is 1. The van der Waals surface area contributed by atoms with E-state index >= 15 is 0 Å². The number of rotatable bonds is 7. The van der Waals surface area contributed by atoms with Crippen LogP contribution in [0.2, 0.25) is 0 Å². The van der Waals surface area contributed by atoms with Crippen LogP contribution in [0.3, 0.4) is 0 Å². The van der Waals surface area contributed by atoms with Gasteiger partial charge in [-0.05, 0) is 43.6 Å². The second kappa shape index (κ2) is 8.18. The van der Waals surface area contributed by atoms with E-state index in [-0.39, 0.29) is 11.9 Å². The van der Waals surface area contributed by atoms with E-state index in [0.717, 1.165) is 24.4 Å². The number of nitrogens with zero attached hydrogens (tertiary/aromatic N) is 4. The van der Waals surface area contributed by atoms with Crippen molar-refractivity contribution < 1.29 is 9.21 Å². The van der Waals surface area contributed by atoms with Gasteiger partial charge in [-0.2, -0.15) is 0 Å². The van der Waals surface area contributed by atoms with E-state index in [0.29, 0.717) is 18.8 Å². The molecule has 1 saturated heterocycles. The minimum absolute atomic E-state index is 0.0470. The highest BCUT2D eigenvalue weighted by atomic mass is 16.3. The van der Waals surface area contributed by atoms with Crippen molar-refractivity contribution in [1.82, 2.24) is 25.2 Å². The van der Waals surface area contributed by atoms with Crippen molar-refractivity contribution >= 4 is 5.91 Å². The summed E-state index contributed by atoms with van der Waals surface area (Å²) >= 11 is 0. The van der Waals surface area contributed by atoms with Crippen LogP contribution >= 0.6 is 0 Å². The Balaban J connectivity index is 1.38. The Morgan fingerprint density at radius 1 is 1.15 bits per heavy atom. The van der Waals surface area contributed by atoms with Crippen LogP contribution in [-0.2, 0) is 6.54 Å². The first-order valence-electron chi connectivity index (χ1n) is 9.29. The number of carbonyl (C=O) groups is 1. The zero-order chi connectivity index (χ0) is 18.5. The predicted octanol–water partition coefficient (Wildman–Crippen LogP) is 2.49. The Hall–Kier alpha value is -2.93. The summed E-state index contributed by atoms with van der Waals surface area (Å²) in [6, 6.07) is 13.9. The zero-order valence-electron chi connectivity index (χ0n) is 15.1. The molecule has 4 rings (SSSR count). The summed E-state index contributed by atoms with van der Waals surface area (Å²) < 4.78 is 7.27. The van der Waals surface area contributed by atoms with Crippen molar-refractivity contribution in [2.45, 2.75) is 25.4 Å². The summed E-state index contributed by atoms with van der Waals surface area (Å²) in [6.45, 7) is 3.12. The molecule has 0 saturated carbocycles. The molecule has 1 unspecified atom stereocenters. The average molecular weight is 365 g/mol. The van der Waals surface area contributed by atoms with Gasteiger partial charge in [-0.25, -0.2) is 4.68 Å². The van der Waals surface area contributed by atoms with Gasteiger partial charge in [0.15, 0.2) is 5.69 Å². The van der Waals surface area contributed by atoms with E-state index < -0.39 is 0 Å². The van der Waals surface area contributed by atoms with Crippen molar-refractivity contribution in [2.75, 3.05) is 19.6 Å². The smallest absolute Gasteiger partial charge is 0.273 e. The SMILES string of the molecule is O=C(NCC(c1ccco1)N1CCCC1)c1cn(Cc2ccccc2)nn1. The molecule has 1 aliphatic rings. The molecule has 1 amide bonds. The third kappa shape index (κ3) is 4.25. The van der Waals surface area contributed by atoms with E-state index in [1.807, 2.05) is 42.5 Å². The van der Waals surface area contributed by atoms with Gasteiger partial charge < -0.3 is 9.73 Å². The molecule has 140 valence electrons. The van der Waals surface area contributed by atoms with Crippen LogP contribution in [0.4, 0.5) is 0 Å². The quantitative estimate of drug-likeness (QED) is 0.696. The van der Waals surface area contributed by atoms with Crippen molar-refractivity contribution in [3.8, 4) is 0 Å². The second-order valence-corrected chi connectivity index (χ2v) is 6.77. The van der Waals surface area contributed by atoms with Crippen LogP contribution in [0.1, 0.15) is 40.7 Å². The van der Waals surface area contributed by atoms with Gasteiger partial charge in [0.1, 0.15) is 5.76 Å². The van der Waals surface area contributed by atoms with E-state index in [1.54, 1.807) is 17.1 Å². The minimum atomic E-state index is -0.218. The van der Waals surface area contributed by atoms with Crippen LogP contribution in [0.5, 0.6) is 0 Å². The number of hydrogen-bond donors (Lipinski definition) is 1. The Morgan fingerprint density at radius 3 is 2.70 bits per heavy atom. The van der Waals surface area contributed by atoms with Gasteiger partial charge in [-0.15, -0.1) is 5.10 Å². The first kappa shape index (κ1) is 17.5. The van der Waals surface area contributed by atoms with Gasteiger partial charge in [-0.1, -0.05) is 35.5 Å². The molecule has 0 spiro atoms. The molecule has 1 atom stereocenters. The molecule has 1 fully saturated rings. The van der Waals surface area contributed by atoms with E-state index in [4.69, 9.17) is 4.42 Å². The summed E-state index contributed by atoms with van der Waals surface area (Å²) in [5, 5.41) is 11.1. The first-order valence-corrected chi connectivity index (χ1v) is 9.29. The van der Waals surface area contributed by atoms with Crippen LogP contribution < -0.4 is 5.32 Å². The lowest BCUT2D eigenvalue weighted by Crippen LogP contribution is -2.36. The van der Waals surface area contributed by atoms with E-state index in [9.17, 15) is 4.79 Å². The van der Waals surface area contributed by atoms with Crippen LogP contribution in [-0.4, -0.2) is 45.4 Å². The van der Waals surface area contributed by atoms with Gasteiger partial charge in [0.25, 0.3) is 5.91 Å². The van der Waals surface area contributed by atoms with Gasteiger partial charge in [0.2, 0.25) is 0 Å². The number of nitrogens with one attached hydrogen (secondary N) is 1. The maximum Gasteiger partial charge on any atom is 0.273 e. The third-order valence-electron chi connectivity index (χ3n) is 4.87. The largest absolute Gasteiger partial charge is 0.468 e. The molecule has 0 bridgehead atoms. The highest BCUT2D eigenvalue weighted by Crippen LogP contribution is 2.24. The summed E-state index contributed by atoms with van der Waals surface area (Å²) in [5.41, 5.74) is 1.44. The Bertz CT molecular complexity index is 854. The molecule has 3 aromatic rings. The summed E-state index contributed by atoms with van der Waals surface area (Å²) in [5.74, 6) is 0.662. The molecular formula is C20H23N5O2. The van der Waals surface area contributed by atoms with Gasteiger partial charge in [0.05, 0.1) is 25.0 Å². The fraction of sp³-hybridized carbons (Fsp3) is 0.350.